The topological polar surface area (TPSA) is 64.2 Å². The minimum absolute atomic E-state index is 0.0603. The second kappa shape index (κ2) is 5.99. The standard InChI is InChI=1S/C16H20N4O/c17-14-6-4-13(5-7-14)12-20-16(21)10-15(11-18-20)19-8-2-1-3-9-19/h4-7,10-11H,1-3,8-9,12,17H2. The highest BCUT2D eigenvalue weighted by Gasteiger charge is 2.12. The van der Waals surface area contributed by atoms with Gasteiger partial charge in [0.25, 0.3) is 5.56 Å². The Hall–Kier alpha value is -2.30. The van der Waals surface area contributed by atoms with Crippen LogP contribution in [0, 0.1) is 0 Å². The van der Waals surface area contributed by atoms with Gasteiger partial charge in [0.1, 0.15) is 0 Å². The van der Waals surface area contributed by atoms with Gasteiger partial charge in [-0.3, -0.25) is 4.79 Å². The number of hydrogen-bond donors (Lipinski definition) is 1. The molecule has 0 atom stereocenters. The summed E-state index contributed by atoms with van der Waals surface area (Å²) < 4.78 is 1.49. The van der Waals surface area contributed by atoms with Crippen molar-refractivity contribution in [2.75, 3.05) is 23.7 Å². The fraction of sp³-hybridized carbons (Fsp3) is 0.375. The number of nitrogen functional groups attached to an aromatic ring is 1. The van der Waals surface area contributed by atoms with Gasteiger partial charge in [-0.05, 0) is 37.0 Å². The second-order valence-corrected chi connectivity index (χ2v) is 5.50. The van der Waals surface area contributed by atoms with E-state index < -0.39 is 0 Å². The molecule has 1 saturated heterocycles. The molecule has 0 bridgehead atoms. The van der Waals surface area contributed by atoms with Crippen molar-refractivity contribution in [2.24, 2.45) is 0 Å². The predicted octanol–water partition coefficient (Wildman–Crippen LogP) is 1.86. The summed E-state index contributed by atoms with van der Waals surface area (Å²) >= 11 is 0. The minimum atomic E-state index is -0.0603. The highest BCUT2D eigenvalue weighted by molar-refractivity contribution is 5.43. The molecule has 0 aliphatic carbocycles. The van der Waals surface area contributed by atoms with Crippen LogP contribution in [0.5, 0.6) is 0 Å². The van der Waals surface area contributed by atoms with Crippen molar-refractivity contribution in [1.29, 1.82) is 0 Å². The van der Waals surface area contributed by atoms with Crippen LogP contribution in [0.1, 0.15) is 24.8 Å². The molecule has 5 heteroatoms. The number of piperidine rings is 1. The third-order valence-corrected chi connectivity index (χ3v) is 3.89. The molecular formula is C16H20N4O. The molecule has 3 rings (SSSR count). The number of rotatable bonds is 3. The van der Waals surface area contributed by atoms with Crippen LogP contribution in [0.4, 0.5) is 11.4 Å². The highest BCUT2D eigenvalue weighted by Crippen LogP contribution is 2.17. The fourth-order valence-corrected chi connectivity index (χ4v) is 2.66. The van der Waals surface area contributed by atoms with Crippen molar-refractivity contribution in [1.82, 2.24) is 9.78 Å². The number of aromatic nitrogens is 2. The molecule has 0 amide bonds. The van der Waals surface area contributed by atoms with Gasteiger partial charge in [0.2, 0.25) is 0 Å². The largest absolute Gasteiger partial charge is 0.399 e. The first-order chi connectivity index (χ1) is 10.2. The first-order valence-electron chi connectivity index (χ1n) is 7.39. The van der Waals surface area contributed by atoms with E-state index in [4.69, 9.17) is 5.73 Å². The van der Waals surface area contributed by atoms with Gasteiger partial charge in [-0.2, -0.15) is 5.10 Å². The maximum atomic E-state index is 12.2. The average molecular weight is 284 g/mol. The lowest BCUT2D eigenvalue weighted by Crippen LogP contribution is -2.32. The van der Waals surface area contributed by atoms with Crippen molar-refractivity contribution >= 4 is 11.4 Å². The summed E-state index contributed by atoms with van der Waals surface area (Å²) in [7, 11) is 0. The molecule has 2 heterocycles. The summed E-state index contributed by atoms with van der Waals surface area (Å²) in [5.41, 5.74) is 8.28. The Morgan fingerprint density at radius 1 is 1.10 bits per heavy atom. The molecule has 2 aromatic rings. The van der Waals surface area contributed by atoms with Gasteiger partial charge in [-0.1, -0.05) is 12.1 Å². The first kappa shape index (κ1) is 13.7. The molecule has 21 heavy (non-hydrogen) atoms. The van der Waals surface area contributed by atoms with E-state index in [9.17, 15) is 4.79 Å². The predicted molar refractivity (Wildman–Crippen MR) is 84.5 cm³/mol. The number of nitrogens with two attached hydrogens (primary N) is 1. The number of nitrogens with zero attached hydrogens (tertiary/aromatic N) is 3. The van der Waals surface area contributed by atoms with Crippen LogP contribution in [0.2, 0.25) is 0 Å². The molecule has 1 aliphatic heterocycles. The summed E-state index contributed by atoms with van der Waals surface area (Å²) in [5.74, 6) is 0. The zero-order chi connectivity index (χ0) is 14.7. The van der Waals surface area contributed by atoms with E-state index in [1.807, 2.05) is 24.3 Å². The van der Waals surface area contributed by atoms with Gasteiger partial charge in [0.15, 0.2) is 0 Å². The second-order valence-electron chi connectivity index (χ2n) is 5.50. The van der Waals surface area contributed by atoms with Crippen LogP contribution in [0.25, 0.3) is 0 Å². The first-order valence-corrected chi connectivity index (χ1v) is 7.39. The number of anilines is 2. The van der Waals surface area contributed by atoms with E-state index in [2.05, 4.69) is 10.00 Å². The maximum Gasteiger partial charge on any atom is 0.269 e. The van der Waals surface area contributed by atoms with Gasteiger partial charge < -0.3 is 10.6 Å². The van der Waals surface area contributed by atoms with Gasteiger partial charge in [0.05, 0.1) is 18.4 Å². The van der Waals surface area contributed by atoms with Crippen molar-refractivity contribution in [3.8, 4) is 0 Å². The Morgan fingerprint density at radius 2 is 1.81 bits per heavy atom. The summed E-state index contributed by atoms with van der Waals surface area (Å²) in [6.07, 6.45) is 5.45. The monoisotopic (exact) mass is 284 g/mol. The normalized spacial score (nSPS) is 15.1. The van der Waals surface area contributed by atoms with Gasteiger partial charge in [0, 0.05) is 24.8 Å². The summed E-state index contributed by atoms with van der Waals surface area (Å²) in [4.78, 5) is 14.4. The highest BCUT2D eigenvalue weighted by atomic mass is 16.1. The lowest BCUT2D eigenvalue weighted by atomic mass is 10.1. The van der Waals surface area contributed by atoms with Crippen LogP contribution >= 0.6 is 0 Å². The molecule has 0 saturated carbocycles. The fourth-order valence-electron chi connectivity index (χ4n) is 2.66. The molecule has 0 spiro atoms. The quantitative estimate of drug-likeness (QED) is 0.874. The van der Waals surface area contributed by atoms with E-state index in [0.29, 0.717) is 6.54 Å². The number of hydrogen-bond acceptors (Lipinski definition) is 4. The SMILES string of the molecule is Nc1ccc(Cn2ncc(N3CCCCC3)cc2=O)cc1. The maximum absolute atomic E-state index is 12.2. The van der Waals surface area contributed by atoms with E-state index >= 15 is 0 Å². The van der Waals surface area contributed by atoms with Crippen molar-refractivity contribution < 1.29 is 0 Å². The summed E-state index contributed by atoms with van der Waals surface area (Å²) in [5, 5.41) is 4.30. The smallest absolute Gasteiger partial charge is 0.269 e. The van der Waals surface area contributed by atoms with Crippen LogP contribution in [0.15, 0.2) is 41.3 Å². The molecule has 1 aromatic carbocycles. The third kappa shape index (κ3) is 3.24. The summed E-state index contributed by atoms with van der Waals surface area (Å²) in [6.45, 7) is 2.51. The Labute approximate surface area is 124 Å². The minimum Gasteiger partial charge on any atom is -0.399 e. The third-order valence-electron chi connectivity index (χ3n) is 3.89. The molecule has 110 valence electrons. The zero-order valence-corrected chi connectivity index (χ0v) is 12.0. The Balaban J connectivity index is 1.77. The van der Waals surface area contributed by atoms with E-state index in [-0.39, 0.29) is 5.56 Å². The van der Waals surface area contributed by atoms with Crippen LogP contribution in [0.3, 0.4) is 0 Å². The summed E-state index contributed by atoms with van der Waals surface area (Å²) in [6, 6.07) is 9.20. The molecule has 0 unspecified atom stereocenters. The van der Waals surface area contributed by atoms with E-state index in [0.717, 1.165) is 30.0 Å². The van der Waals surface area contributed by atoms with E-state index in [1.54, 1.807) is 12.3 Å². The molecule has 1 aliphatic rings. The van der Waals surface area contributed by atoms with Crippen LogP contribution < -0.4 is 16.2 Å². The molecular weight excluding hydrogens is 264 g/mol. The molecule has 1 fully saturated rings. The Bertz CT molecular complexity index is 657. The van der Waals surface area contributed by atoms with Gasteiger partial charge in [-0.15, -0.1) is 0 Å². The lowest BCUT2D eigenvalue weighted by molar-refractivity contribution is 0.571. The van der Waals surface area contributed by atoms with Crippen molar-refractivity contribution in [2.45, 2.75) is 25.8 Å². The van der Waals surface area contributed by atoms with Crippen molar-refractivity contribution in [3.05, 3.63) is 52.4 Å². The molecule has 0 radical (unpaired) electrons. The molecule has 1 aromatic heterocycles. The van der Waals surface area contributed by atoms with Gasteiger partial charge in [-0.25, -0.2) is 4.68 Å². The van der Waals surface area contributed by atoms with E-state index in [1.165, 1.54) is 23.9 Å². The van der Waals surface area contributed by atoms with Gasteiger partial charge >= 0.3 is 0 Å². The number of benzene rings is 1. The van der Waals surface area contributed by atoms with Crippen LogP contribution in [-0.2, 0) is 6.54 Å². The average Bonchev–Trinajstić information content (AvgIpc) is 2.52. The lowest BCUT2D eigenvalue weighted by Gasteiger charge is -2.28. The zero-order valence-electron chi connectivity index (χ0n) is 12.0. The Kier molecular flexibility index (Phi) is 3.90. The Morgan fingerprint density at radius 3 is 2.48 bits per heavy atom. The van der Waals surface area contributed by atoms with Crippen molar-refractivity contribution in [3.63, 3.8) is 0 Å². The molecule has 5 nitrogen and oxygen atoms in total. The molecule has 2 N–H and O–H groups in total. The van der Waals surface area contributed by atoms with Crippen LogP contribution in [-0.4, -0.2) is 22.9 Å².